The number of nitriles is 1. The molecule has 7 nitrogen and oxygen atoms in total. The number of nitrogens with zero attached hydrogens (tertiary/aromatic N) is 4. The summed E-state index contributed by atoms with van der Waals surface area (Å²) in [5, 5.41) is 9.16. The minimum atomic E-state index is -0.187. The Morgan fingerprint density at radius 1 is 1.44 bits per heavy atom. The molecule has 1 aliphatic rings. The molecule has 0 radical (unpaired) electrons. The summed E-state index contributed by atoms with van der Waals surface area (Å²) in [4.78, 5) is 18.8. The van der Waals surface area contributed by atoms with E-state index in [1.807, 2.05) is 17.0 Å². The molecule has 0 spiro atoms. The zero-order chi connectivity index (χ0) is 17.8. The van der Waals surface area contributed by atoms with Crippen molar-refractivity contribution in [3.05, 3.63) is 51.8 Å². The van der Waals surface area contributed by atoms with Gasteiger partial charge in [-0.2, -0.15) is 10.2 Å². The molecule has 0 saturated carbocycles. The van der Waals surface area contributed by atoms with Crippen molar-refractivity contribution in [2.45, 2.75) is 25.5 Å². The number of hydrogen-bond donors (Lipinski definition) is 1. The highest BCUT2D eigenvalue weighted by atomic mass is 16.5. The van der Waals surface area contributed by atoms with Gasteiger partial charge in [0.1, 0.15) is 12.4 Å². The summed E-state index contributed by atoms with van der Waals surface area (Å²) in [5.74, 6) is 0.585. The smallest absolute Gasteiger partial charge is 0.301 e. The van der Waals surface area contributed by atoms with Crippen molar-refractivity contribution in [2.75, 3.05) is 18.0 Å². The Morgan fingerprint density at radius 2 is 2.24 bits per heavy atom. The van der Waals surface area contributed by atoms with Gasteiger partial charge in [0, 0.05) is 37.8 Å². The van der Waals surface area contributed by atoms with Crippen LogP contribution < -0.4 is 20.9 Å². The van der Waals surface area contributed by atoms with E-state index in [0.717, 1.165) is 24.9 Å². The first kappa shape index (κ1) is 17.0. The number of ether oxygens (including phenoxy) is 1. The summed E-state index contributed by atoms with van der Waals surface area (Å²) >= 11 is 0. The first-order valence-electron chi connectivity index (χ1n) is 8.28. The summed E-state index contributed by atoms with van der Waals surface area (Å²) in [7, 11) is 1.62. The standard InChI is InChI=1S/C18H21N5O2/c1-22-17(24)9-16(23-8-4-7-15(20)11-23)21-18(22)25-12-14-6-3-2-5-13(14)10-19/h2-3,5-6,9,15H,4,7-8,11-12,20H2,1H3/t15-/m1/s1. The van der Waals surface area contributed by atoms with E-state index in [4.69, 9.17) is 15.7 Å². The summed E-state index contributed by atoms with van der Waals surface area (Å²) < 4.78 is 7.11. The van der Waals surface area contributed by atoms with Gasteiger partial charge in [0.2, 0.25) is 0 Å². The molecule has 3 rings (SSSR count). The molecule has 130 valence electrons. The molecule has 1 fully saturated rings. The number of benzene rings is 1. The number of anilines is 1. The Morgan fingerprint density at radius 3 is 3.00 bits per heavy atom. The third-order valence-corrected chi connectivity index (χ3v) is 4.36. The SMILES string of the molecule is Cn1c(OCc2ccccc2C#N)nc(N2CCC[C@@H](N)C2)cc1=O. The van der Waals surface area contributed by atoms with Gasteiger partial charge in [-0.15, -0.1) is 0 Å². The normalized spacial score (nSPS) is 17.2. The van der Waals surface area contributed by atoms with Crippen LogP contribution in [0.5, 0.6) is 6.01 Å². The van der Waals surface area contributed by atoms with Gasteiger partial charge in [0.25, 0.3) is 5.56 Å². The number of piperidine rings is 1. The van der Waals surface area contributed by atoms with Gasteiger partial charge in [-0.05, 0) is 18.9 Å². The van der Waals surface area contributed by atoms with Gasteiger partial charge in [-0.3, -0.25) is 9.36 Å². The van der Waals surface area contributed by atoms with Crippen LogP contribution in [0.3, 0.4) is 0 Å². The zero-order valence-electron chi connectivity index (χ0n) is 14.2. The molecule has 1 aromatic carbocycles. The second kappa shape index (κ2) is 7.36. The van der Waals surface area contributed by atoms with Crippen LogP contribution in [0, 0.1) is 11.3 Å². The molecule has 2 N–H and O–H groups in total. The lowest BCUT2D eigenvalue weighted by molar-refractivity contribution is 0.265. The topological polar surface area (TPSA) is 97.2 Å². The quantitative estimate of drug-likeness (QED) is 0.898. The highest BCUT2D eigenvalue weighted by Gasteiger charge is 2.20. The maximum Gasteiger partial charge on any atom is 0.301 e. The first-order valence-corrected chi connectivity index (χ1v) is 8.28. The predicted octanol–water partition coefficient (Wildman–Crippen LogP) is 1.16. The predicted molar refractivity (Wildman–Crippen MR) is 94.4 cm³/mol. The second-order valence-corrected chi connectivity index (χ2v) is 6.20. The van der Waals surface area contributed by atoms with Crippen molar-refractivity contribution in [2.24, 2.45) is 12.8 Å². The molecule has 0 amide bonds. The first-order chi connectivity index (χ1) is 12.1. The van der Waals surface area contributed by atoms with Crippen molar-refractivity contribution < 1.29 is 4.74 Å². The van der Waals surface area contributed by atoms with Crippen molar-refractivity contribution in [3.8, 4) is 12.1 Å². The summed E-state index contributed by atoms with van der Waals surface area (Å²) in [6, 6.07) is 11.2. The Labute approximate surface area is 146 Å². The highest BCUT2D eigenvalue weighted by Crippen LogP contribution is 2.19. The Bertz CT molecular complexity index is 855. The molecule has 1 aliphatic heterocycles. The molecule has 2 aromatic rings. The minimum absolute atomic E-state index is 0.0893. The summed E-state index contributed by atoms with van der Waals surface area (Å²) in [6.07, 6.45) is 1.96. The van der Waals surface area contributed by atoms with E-state index in [1.54, 1.807) is 19.2 Å². The van der Waals surface area contributed by atoms with Crippen LogP contribution in [0.1, 0.15) is 24.0 Å². The fourth-order valence-corrected chi connectivity index (χ4v) is 2.91. The Balaban J connectivity index is 1.83. The van der Waals surface area contributed by atoms with Gasteiger partial charge < -0.3 is 15.4 Å². The molecule has 1 aromatic heterocycles. The van der Waals surface area contributed by atoms with Crippen LogP contribution in [0.2, 0.25) is 0 Å². The van der Waals surface area contributed by atoms with Gasteiger partial charge in [-0.1, -0.05) is 18.2 Å². The molecular formula is C18H21N5O2. The third-order valence-electron chi connectivity index (χ3n) is 4.36. The minimum Gasteiger partial charge on any atom is -0.460 e. The molecule has 2 heterocycles. The maximum atomic E-state index is 12.3. The van der Waals surface area contributed by atoms with E-state index in [2.05, 4.69) is 11.1 Å². The second-order valence-electron chi connectivity index (χ2n) is 6.20. The number of nitrogens with two attached hydrogens (primary N) is 1. The molecule has 0 aliphatic carbocycles. The van der Waals surface area contributed by atoms with E-state index in [0.29, 0.717) is 17.9 Å². The van der Waals surface area contributed by atoms with Gasteiger partial charge >= 0.3 is 6.01 Å². The Hall–Kier alpha value is -2.85. The lowest BCUT2D eigenvalue weighted by Gasteiger charge is -2.31. The molecule has 0 unspecified atom stereocenters. The monoisotopic (exact) mass is 339 g/mol. The third kappa shape index (κ3) is 3.80. The lowest BCUT2D eigenvalue weighted by Crippen LogP contribution is -2.43. The zero-order valence-corrected chi connectivity index (χ0v) is 14.2. The average molecular weight is 339 g/mol. The van der Waals surface area contributed by atoms with E-state index in [-0.39, 0.29) is 24.2 Å². The van der Waals surface area contributed by atoms with Gasteiger partial charge in [0.15, 0.2) is 0 Å². The van der Waals surface area contributed by atoms with Crippen LogP contribution in [-0.2, 0) is 13.7 Å². The van der Waals surface area contributed by atoms with Crippen molar-refractivity contribution in [1.82, 2.24) is 9.55 Å². The van der Waals surface area contributed by atoms with Gasteiger partial charge in [-0.25, -0.2) is 0 Å². The molecule has 1 saturated heterocycles. The number of rotatable bonds is 4. The molecule has 0 bridgehead atoms. The fourth-order valence-electron chi connectivity index (χ4n) is 2.91. The van der Waals surface area contributed by atoms with Crippen LogP contribution in [0.15, 0.2) is 35.1 Å². The number of hydrogen-bond acceptors (Lipinski definition) is 6. The van der Waals surface area contributed by atoms with Crippen molar-refractivity contribution in [1.29, 1.82) is 5.26 Å². The van der Waals surface area contributed by atoms with Crippen LogP contribution >= 0.6 is 0 Å². The van der Waals surface area contributed by atoms with E-state index >= 15 is 0 Å². The highest BCUT2D eigenvalue weighted by molar-refractivity contribution is 5.40. The number of aromatic nitrogens is 2. The van der Waals surface area contributed by atoms with E-state index in [9.17, 15) is 4.79 Å². The van der Waals surface area contributed by atoms with Crippen LogP contribution in [0.4, 0.5) is 5.82 Å². The fraction of sp³-hybridized carbons (Fsp3) is 0.389. The molecular weight excluding hydrogens is 318 g/mol. The van der Waals surface area contributed by atoms with Crippen LogP contribution in [-0.4, -0.2) is 28.7 Å². The molecule has 7 heteroatoms. The van der Waals surface area contributed by atoms with Crippen molar-refractivity contribution in [3.63, 3.8) is 0 Å². The van der Waals surface area contributed by atoms with E-state index in [1.165, 1.54) is 10.6 Å². The van der Waals surface area contributed by atoms with Crippen molar-refractivity contribution >= 4 is 5.82 Å². The Kier molecular flexibility index (Phi) is 5.00. The largest absolute Gasteiger partial charge is 0.460 e. The average Bonchev–Trinajstić information content (AvgIpc) is 2.63. The lowest BCUT2D eigenvalue weighted by atomic mass is 10.1. The summed E-state index contributed by atoms with van der Waals surface area (Å²) in [6.45, 7) is 1.68. The van der Waals surface area contributed by atoms with Gasteiger partial charge in [0.05, 0.1) is 11.6 Å². The van der Waals surface area contributed by atoms with Crippen LogP contribution in [0.25, 0.3) is 0 Å². The molecule has 1 atom stereocenters. The summed E-state index contributed by atoms with van der Waals surface area (Å²) in [5.41, 5.74) is 7.13. The van der Waals surface area contributed by atoms with E-state index < -0.39 is 0 Å². The molecule has 25 heavy (non-hydrogen) atoms. The maximum absolute atomic E-state index is 12.3.